The van der Waals surface area contributed by atoms with E-state index < -0.39 is 0 Å². The number of benzene rings is 2. The van der Waals surface area contributed by atoms with Crippen LogP contribution in [-0.4, -0.2) is 22.8 Å². The van der Waals surface area contributed by atoms with E-state index in [2.05, 4.69) is 10.4 Å². The highest BCUT2D eigenvalue weighted by Gasteiger charge is 2.17. The van der Waals surface area contributed by atoms with E-state index in [-0.39, 0.29) is 17.8 Å². The van der Waals surface area contributed by atoms with Crippen molar-refractivity contribution in [2.45, 2.75) is 19.9 Å². The van der Waals surface area contributed by atoms with Crippen LogP contribution in [0.3, 0.4) is 0 Å². The molecule has 0 bridgehead atoms. The number of hydrogen-bond acceptors (Lipinski definition) is 3. The lowest BCUT2D eigenvalue weighted by Crippen LogP contribution is -2.26. The molecular weight excluding hydrogens is 333 g/mol. The summed E-state index contributed by atoms with van der Waals surface area (Å²) < 4.78 is 20.0. The first-order chi connectivity index (χ1) is 12.5. The third-order valence-electron chi connectivity index (χ3n) is 4.26. The Morgan fingerprint density at radius 3 is 2.65 bits per heavy atom. The maximum atomic E-state index is 13.1. The van der Waals surface area contributed by atoms with Gasteiger partial charge in [0.25, 0.3) is 5.91 Å². The Morgan fingerprint density at radius 1 is 1.23 bits per heavy atom. The van der Waals surface area contributed by atoms with Crippen LogP contribution in [0.5, 0.6) is 5.75 Å². The molecule has 26 heavy (non-hydrogen) atoms. The topological polar surface area (TPSA) is 56.1 Å². The monoisotopic (exact) mass is 353 g/mol. The molecule has 1 heterocycles. The Kier molecular flexibility index (Phi) is 5.02. The molecule has 0 aliphatic rings. The summed E-state index contributed by atoms with van der Waals surface area (Å²) in [5, 5.41) is 7.34. The van der Waals surface area contributed by atoms with Crippen LogP contribution in [0.4, 0.5) is 4.39 Å². The number of rotatable bonds is 5. The highest BCUT2D eigenvalue weighted by atomic mass is 19.1. The Bertz CT molecular complexity index is 919. The molecule has 0 saturated carbocycles. The Morgan fingerprint density at radius 2 is 1.96 bits per heavy atom. The van der Waals surface area contributed by atoms with Crippen LogP contribution >= 0.6 is 0 Å². The van der Waals surface area contributed by atoms with Gasteiger partial charge in [0.05, 0.1) is 25.0 Å². The molecule has 0 aliphatic carbocycles. The van der Waals surface area contributed by atoms with Gasteiger partial charge in [-0.15, -0.1) is 0 Å². The normalized spacial score (nSPS) is 11.8. The average molecular weight is 353 g/mol. The molecule has 0 spiro atoms. The highest BCUT2D eigenvalue weighted by Crippen LogP contribution is 2.21. The minimum atomic E-state index is -0.294. The van der Waals surface area contributed by atoms with Crippen molar-refractivity contribution in [1.29, 1.82) is 0 Å². The zero-order valence-corrected chi connectivity index (χ0v) is 14.9. The maximum absolute atomic E-state index is 13.1. The molecule has 6 heteroatoms. The molecule has 5 nitrogen and oxygen atoms in total. The molecule has 134 valence electrons. The predicted molar refractivity (Wildman–Crippen MR) is 97.1 cm³/mol. The van der Waals surface area contributed by atoms with Crippen molar-refractivity contribution < 1.29 is 13.9 Å². The number of methoxy groups -OCH3 is 1. The van der Waals surface area contributed by atoms with E-state index >= 15 is 0 Å². The number of aromatic nitrogens is 2. The first-order valence-electron chi connectivity index (χ1n) is 8.25. The van der Waals surface area contributed by atoms with Crippen LogP contribution in [0.1, 0.15) is 34.6 Å². The lowest BCUT2D eigenvalue weighted by atomic mass is 10.1. The summed E-state index contributed by atoms with van der Waals surface area (Å²) in [4.78, 5) is 12.5. The third kappa shape index (κ3) is 3.59. The number of nitrogens with zero attached hydrogens (tertiary/aromatic N) is 2. The number of hydrogen-bond donors (Lipinski definition) is 1. The second kappa shape index (κ2) is 7.39. The Balaban J connectivity index is 1.79. The van der Waals surface area contributed by atoms with Gasteiger partial charge < -0.3 is 10.1 Å². The first-order valence-corrected chi connectivity index (χ1v) is 8.25. The van der Waals surface area contributed by atoms with E-state index in [0.29, 0.717) is 11.3 Å². The van der Waals surface area contributed by atoms with Crippen LogP contribution in [0.15, 0.2) is 54.7 Å². The minimum absolute atomic E-state index is 0.190. The fraction of sp³-hybridized carbons (Fsp3) is 0.200. The molecule has 1 aromatic heterocycles. The molecule has 1 amide bonds. The zero-order valence-electron chi connectivity index (χ0n) is 14.9. The number of nitrogens with one attached hydrogen (secondary N) is 1. The molecule has 1 unspecified atom stereocenters. The third-order valence-corrected chi connectivity index (χ3v) is 4.26. The summed E-state index contributed by atoms with van der Waals surface area (Å²) >= 11 is 0. The van der Waals surface area contributed by atoms with Crippen LogP contribution in [0, 0.1) is 12.7 Å². The van der Waals surface area contributed by atoms with E-state index in [1.807, 2.05) is 13.8 Å². The van der Waals surface area contributed by atoms with Crippen LogP contribution in [-0.2, 0) is 0 Å². The lowest BCUT2D eigenvalue weighted by molar-refractivity contribution is 0.0939. The molecule has 0 radical (unpaired) electrons. The summed E-state index contributed by atoms with van der Waals surface area (Å²) in [6.45, 7) is 3.82. The van der Waals surface area contributed by atoms with Crippen molar-refractivity contribution in [2.75, 3.05) is 7.11 Å². The number of amides is 1. The van der Waals surface area contributed by atoms with Gasteiger partial charge >= 0.3 is 0 Å². The Hall–Kier alpha value is -3.15. The number of carbonyl (C=O) groups excluding carboxylic acids is 1. The minimum Gasteiger partial charge on any atom is -0.497 e. The largest absolute Gasteiger partial charge is 0.497 e. The van der Waals surface area contributed by atoms with Crippen molar-refractivity contribution in [3.05, 3.63) is 77.4 Å². The summed E-state index contributed by atoms with van der Waals surface area (Å²) in [5.41, 5.74) is 3.07. The fourth-order valence-electron chi connectivity index (χ4n) is 2.81. The summed E-state index contributed by atoms with van der Waals surface area (Å²) in [7, 11) is 1.56. The summed E-state index contributed by atoms with van der Waals surface area (Å²) in [6, 6.07) is 12.9. The predicted octanol–water partition coefficient (Wildman–Crippen LogP) is 3.82. The van der Waals surface area contributed by atoms with E-state index in [0.717, 1.165) is 16.9 Å². The molecule has 2 aromatic carbocycles. The standard InChI is InChI=1S/C20H20FN3O2/c1-13(23-20(25)15-5-4-6-18(11-15)26-3)19-12-22-24(14(19)2)17-9-7-16(21)8-10-17/h4-13H,1-3H3,(H,23,25). The first kappa shape index (κ1) is 17.7. The number of ether oxygens (including phenoxy) is 1. The van der Waals surface area contributed by atoms with Crippen molar-refractivity contribution in [3.8, 4) is 11.4 Å². The van der Waals surface area contributed by atoms with Gasteiger partial charge in [0, 0.05) is 16.8 Å². The second-order valence-electron chi connectivity index (χ2n) is 6.00. The summed E-state index contributed by atoms with van der Waals surface area (Å²) in [5.74, 6) is 0.147. The van der Waals surface area contributed by atoms with E-state index in [1.165, 1.54) is 12.1 Å². The zero-order chi connectivity index (χ0) is 18.7. The van der Waals surface area contributed by atoms with Crippen molar-refractivity contribution in [3.63, 3.8) is 0 Å². The van der Waals surface area contributed by atoms with Crippen LogP contribution in [0.2, 0.25) is 0 Å². The van der Waals surface area contributed by atoms with Crippen molar-refractivity contribution >= 4 is 5.91 Å². The molecule has 0 fully saturated rings. The highest BCUT2D eigenvalue weighted by molar-refractivity contribution is 5.94. The smallest absolute Gasteiger partial charge is 0.251 e. The SMILES string of the molecule is COc1cccc(C(=O)NC(C)c2cnn(-c3ccc(F)cc3)c2C)c1. The Labute approximate surface area is 151 Å². The van der Waals surface area contributed by atoms with Gasteiger partial charge in [-0.1, -0.05) is 6.07 Å². The quantitative estimate of drug-likeness (QED) is 0.759. The lowest BCUT2D eigenvalue weighted by Gasteiger charge is -2.14. The van der Waals surface area contributed by atoms with E-state index in [9.17, 15) is 9.18 Å². The summed E-state index contributed by atoms with van der Waals surface area (Å²) in [6.07, 6.45) is 1.72. The molecule has 3 rings (SSSR count). The molecule has 3 aromatic rings. The van der Waals surface area contributed by atoms with Gasteiger partial charge in [0.15, 0.2) is 0 Å². The second-order valence-corrected chi connectivity index (χ2v) is 6.00. The number of carbonyl (C=O) groups is 1. The van der Waals surface area contributed by atoms with Gasteiger partial charge in [-0.3, -0.25) is 4.79 Å². The molecule has 0 aliphatic heterocycles. The van der Waals surface area contributed by atoms with Gasteiger partial charge in [-0.25, -0.2) is 9.07 Å². The molecule has 0 saturated heterocycles. The molecule has 1 atom stereocenters. The molecular formula is C20H20FN3O2. The van der Waals surface area contributed by atoms with Crippen LogP contribution in [0.25, 0.3) is 5.69 Å². The van der Waals surface area contributed by atoms with Gasteiger partial charge in [-0.05, 0) is 56.3 Å². The van der Waals surface area contributed by atoms with Gasteiger partial charge in [-0.2, -0.15) is 5.10 Å². The average Bonchev–Trinajstić information content (AvgIpc) is 3.04. The number of halogens is 1. The van der Waals surface area contributed by atoms with Crippen molar-refractivity contribution in [1.82, 2.24) is 15.1 Å². The van der Waals surface area contributed by atoms with Gasteiger partial charge in [0.2, 0.25) is 0 Å². The molecule has 1 N–H and O–H groups in total. The van der Waals surface area contributed by atoms with E-state index in [1.54, 1.807) is 54.4 Å². The van der Waals surface area contributed by atoms with Crippen LogP contribution < -0.4 is 10.1 Å². The fourth-order valence-corrected chi connectivity index (χ4v) is 2.81. The van der Waals surface area contributed by atoms with Gasteiger partial charge in [0.1, 0.15) is 11.6 Å². The van der Waals surface area contributed by atoms with Crippen molar-refractivity contribution in [2.24, 2.45) is 0 Å². The maximum Gasteiger partial charge on any atom is 0.251 e. The van der Waals surface area contributed by atoms with E-state index in [4.69, 9.17) is 4.74 Å².